The Bertz CT molecular complexity index is 994. The molecule has 2 aromatic rings. The molecular formula is C22H25NO9P+. The molecular weight excluding hydrogens is 453 g/mol. The van der Waals surface area contributed by atoms with E-state index in [-0.39, 0.29) is 24.2 Å². The van der Waals surface area contributed by atoms with E-state index in [4.69, 9.17) is 4.74 Å². The van der Waals surface area contributed by atoms with Crippen molar-refractivity contribution < 1.29 is 43.2 Å². The minimum atomic E-state index is -4.29. The van der Waals surface area contributed by atoms with Gasteiger partial charge in [0.05, 0.1) is 25.3 Å². The predicted octanol–water partition coefficient (Wildman–Crippen LogP) is 2.30. The zero-order chi connectivity index (χ0) is 24.4. The van der Waals surface area contributed by atoms with E-state index in [2.05, 4.69) is 14.8 Å². The van der Waals surface area contributed by atoms with E-state index in [1.807, 2.05) is 0 Å². The van der Waals surface area contributed by atoms with Crippen molar-refractivity contribution in [3.05, 3.63) is 71.3 Å². The minimum absolute atomic E-state index is 0.0414. The van der Waals surface area contributed by atoms with Crippen LogP contribution in [0.3, 0.4) is 0 Å². The van der Waals surface area contributed by atoms with Gasteiger partial charge in [-0.15, -0.1) is 0 Å². The molecule has 0 spiro atoms. The first kappa shape index (κ1) is 25.9. The van der Waals surface area contributed by atoms with Crippen LogP contribution in [0.4, 0.5) is 4.79 Å². The summed E-state index contributed by atoms with van der Waals surface area (Å²) in [6, 6.07) is 13.1. The Morgan fingerprint density at radius 2 is 1.52 bits per heavy atom. The molecule has 0 aliphatic heterocycles. The van der Waals surface area contributed by atoms with Crippen molar-refractivity contribution >= 4 is 31.3 Å². The summed E-state index contributed by atoms with van der Waals surface area (Å²) in [4.78, 5) is 69.8. The third kappa shape index (κ3) is 7.35. The number of nitrogens with one attached hydrogen (secondary N) is 1. The van der Waals surface area contributed by atoms with Crippen LogP contribution >= 0.6 is 7.72 Å². The van der Waals surface area contributed by atoms with Crippen LogP contribution in [0.5, 0.6) is 0 Å². The number of alkyl carbamates (subject to hydrolysis) is 1. The van der Waals surface area contributed by atoms with Crippen molar-refractivity contribution in [3.63, 3.8) is 0 Å². The molecule has 1 amide bonds. The Morgan fingerprint density at radius 3 is 2.12 bits per heavy atom. The van der Waals surface area contributed by atoms with Crippen molar-refractivity contribution in [3.8, 4) is 0 Å². The van der Waals surface area contributed by atoms with Crippen LogP contribution in [-0.4, -0.2) is 59.8 Å². The van der Waals surface area contributed by atoms with Crippen LogP contribution in [0.25, 0.3) is 0 Å². The summed E-state index contributed by atoms with van der Waals surface area (Å²) in [7, 11) is -2.06. The van der Waals surface area contributed by atoms with Gasteiger partial charge >= 0.3 is 31.3 Å². The fourth-order valence-electron chi connectivity index (χ4n) is 2.86. The fourth-order valence-corrected chi connectivity index (χ4v) is 4.26. The summed E-state index contributed by atoms with van der Waals surface area (Å²) in [5, 5.41) is 2.30. The van der Waals surface area contributed by atoms with Gasteiger partial charge in [0.1, 0.15) is 18.8 Å². The Kier molecular flexibility index (Phi) is 9.47. The minimum Gasteiger partial charge on any atom is -0.467 e. The second-order valence-electron chi connectivity index (χ2n) is 6.87. The summed E-state index contributed by atoms with van der Waals surface area (Å²) in [5.74, 6) is -1.66. The highest BCUT2D eigenvalue weighted by atomic mass is 31.2. The number of methoxy groups -OCH3 is 2. The molecule has 1 atom stereocenters. The first-order valence-corrected chi connectivity index (χ1v) is 11.7. The predicted molar refractivity (Wildman–Crippen MR) is 119 cm³/mol. The summed E-state index contributed by atoms with van der Waals surface area (Å²) in [6.45, 7) is -0.0414. The Balaban J connectivity index is 2.05. The van der Waals surface area contributed by atoms with E-state index >= 15 is 0 Å². The highest BCUT2D eigenvalue weighted by Gasteiger charge is 2.47. The molecule has 0 aromatic heterocycles. The van der Waals surface area contributed by atoms with E-state index in [1.54, 1.807) is 30.3 Å². The Labute approximate surface area is 191 Å². The van der Waals surface area contributed by atoms with Crippen molar-refractivity contribution in [1.82, 2.24) is 5.32 Å². The summed E-state index contributed by atoms with van der Waals surface area (Å²) in [5.41, 5.74) is -0.663. The second-order valence-corrected chi connectivity index (χ2v) is 9.18. The molecule has 2 aromatic carbocycles. The standard InChI is InChI=1S/C22H24NO9P/c1-30-19(24)16-10-6-7-11-17(16)21(26)33(28,29)13-12-18(20(25)31-2)23-22(27)32-14-15-8-4-3-5-9-15/h3-11,18,28-29H,12-14H2,1-2H3/p+1/t18-/m0/s1. The maximum Gasteiger partial charge on any atom is 0.408 e. The first-order chi connectivity index (χ1) is 15.7. The van der Waals surface area contributed by atoms with Gasteiger partial charge < -0.3 is 19.5 Å². The molecule has 0 fully saturated rings. The number of ether oxygens (including phenoxy) is 3. The molecule has 11 heteroatoms. The number of carbonyl (C=O) groups excluding carboxylic acids is 4. The van der Waals surface area contributed by atoms with Gasteiger partial charge in [-0.2, -0.15) is 0 Å². The van der Waals surface area contributed by atoms with Crippen molar-refractivity contribution in [2.45, 2.75) is 19.1 Å². The van der Waals surface area contributed by atoms with Crippen molar-refractivity contribution in [1.29, 1.82) is 0 Å². The molecule has 10 nitrogen and oxygen atoms in total. The summed E-state index contributed by atoms with van der Waals surface area (Å²) < 4.78 is 14.3. The van der Waals surface area contributed by atoms with Gasteiger partial charge in [0.25, 0.3) is 0 Å². The molecule has 0 aliphatic carbocycles. The average Bonchev–Trinajstić information content (AvgIpc) is 2.84. The largest absolute Gasteiger partial charge is 0.467 e. The summed E-state index contributed by atoms with van der Waals surface area (Å²) in [6.07, 6.45) is -1.78. The zero-order valence-electron chi connectivity index (χ0n) is 18.1. The zero-order valence-corrected chi connectivity index (χ0v) is 19.0. The van der Waals surface area contributed by atoms with E-state index in [0.29, 0.717) is 0 Å². The van der Waals surface area contributed by atoms with Gasteiger partial charge in [-0.25, -0.2) is 29.0 Å². The normalized spacial score (nSPS) is 11.8. The lowest BCUT2D eigenvalue weighted by Crippen LogP contribution is -2.42. The Morgan fingerprint density at radius 1 is 0.909 bits per heavy atom. The average molecular weight is 478 g/mol. The molecule has 2 rings (SSSR count). The third-order valence-electron chi connectivity index (χ3n) is 4.61. The monoisotopic (exact) mass is 478 g/mol. The third-order valence-corrected chi connectivity index (χ3v) is 6.38. The lowest BCUT2D eigenvalue weighted by molar-refractivity contribution is -0.143. The number of amides is 1. The smallest absolute Gasteiger partial charge is 0.408 e. The van der Waals surface area contributed by atoms with E-state index < -0.39 is 43.5 Å². The number of hydrogen-bond acceptors (Lipinski definition) is 9. The van der Waals surface area contributed by atoms with Crippen molar-refractivity contribution in [2.75, 3.05) is 20.4 Å². The maximum atomic E-state index is 12.8. The molecule has 0 radical (unpaired) electrons. The topological polar surface area (TPSA) is 148 Å². The van der Waals surface area contributed by atoms with Gasteiger partial charge in [0.2, 0.25) is 0 Å². The van der Waals surface area contributed by atoms with Gasteiger partial charge in [-0.3, -0.25) is 0 Å². The molecule has 33 heavy (non-hydrogen) atoms. The van der Waals surface area contributed by atoms with Crippen LogP contribution in [-0.2, 0) is 25.6 Å². The number of carbonyl (C=O) groups is 4. The highest BCUT2D eigenvalue weighted by Crippen LogP contribution is 2.54. The van der Waals surface area contributed by atoms with Gasteiger partial charge in [0.15, 0.2) is 0 Å². The van der Waals surface area contributed by atoms with Crippen LogP contribution in [0.15, 0.2) is 54.6 Å². The molecule has 0 saturated heterocycles. The van der Waals surface area contributed by atoms with E-state index in [0.717, 1.165) is 19.8 Å². The van der Waals surface area contributed by atoms with Gasteiger partial charge in [0, 0.05) is 6.42 Å². The van der Waals surface area contributed by atoms with Gasteiger partial charge in [-0.05, 0) is 17.7 Å². The lowest BCUT2D eigenvalue weighted by Gasteiger charge is -2.18. The molecule has 0 unspecified atom stereocenters. The molecule has 0 saturated carbocycles. The molecule has 0 bridgehead atoms. The lowest BCUT2D eigenvalue weighted by atomic mass is 10.1. The SMILES string of the molecule is COC(=O)c1ccccc1C(=O)[P+](O)(O)CC[C@H](NC(=O)OCc1ccccc1)C(=O)OC. The van der Waals surface area contributed by atoms with Gasteiger partial charge in [-0.1, -0.05) is 42.5 Å². The quantitative estimate of drug-likeness (QED) is 0.266. The van der Waals surface area contributed by atoms with Crippen LogP contribution in [0.1, 0.15) is 32.7 Å². The molecule has 3 N–H and O–H groups in total. The highest BCUT2D eigenvalue weighted by molar-refractivity contribution is 7.81. The van der Waals surface area contributed by atoms with E-state index in [1.165, 1.54) is 24.3 Å². The van der Waals surface area contributed by atoms with Crippen LogP contribution in [0.2, 0.25) is 0 Å². The molecule has 176 valence electrons. The number of hydrogen-bond donors (Lipinski definition) is 3. The maximum absolute atomic E-state index is 12.8. The fraction of sp³-hybridized carbons (Fsp3) is 0.273. The number of benzene rings is 2. The van der Waals surface area contributed by atoms with E-state index in [9.17, 15) is 29.0 Å². The molecule has 0 heterocycles. The summed E-state index contributed by atoms with van der Waals surface area (Å²) >= 11 is 0. The van der Waals surface area contributed by atoms with Crippen LogP contribution in [0, 0.1) is 0 Å². The van der Waals surface area contributed by atoms with Crippen LogP contribution < -0.4 is 5.32 Å². The molecule has 0 aliphatic rings. The number of esters is 2. The second kappa shape index (κ2) is 12.1. The number of rotatable bonds is 10. The van der Waals surface area contributed by atoms with Crippen molar-refractivity contribution in [2.24, 2.45) is 0 Å². The first-order valence-electron chi connectivity index (χ1n) is 9.80. The Hall–Kier alpha value is -3.33.